The summed E-state index contributed by atoms with van der Waals surface area (Å²) in [5, 5.41) is 24.7. The monoisotopic (exact) mass is 618 g/mol. The van der Waals surface area contributed by atoms with Crippen molar-refractivity contribution in [1.29, 1.82) is 0 Å². The molecule has 7 heteroatoms. The van der Waals surface area contributed by atoms with Gasteiger partial charge in [0.05, 0.1) is 13.2 Å². The molecular weight excluding hydrogens is 571 g/mol. The summed E-state index contributed by atoms with van der Waals surface area (Å²) < 4.78 is 26.0. The highest BCUT2D eigenvalue weighted by molar-refractivity contribution is 6.99. The number of aliphatic hydroxyl groups excluding tert-OH is 2. The highest BCUT2D eigenvalue weighted by Gasteiger charge is 2.55. The molecule has 1 saturated carbocycles. The van der Waals surface area contributed by atoms with Crippen molar-refractivity contribution in [2.24, 2.45) is 11.8 Å². The number of allylic oxidation sites excluding steroid dienone is 2. The van der Waals surface area contributed by atoms with E-state index in [-0.39, 0.29) is 41.9 Å². The molecule has 0 aliphatic heterocycles. The molecule has 0 saturated heterocycles. The van der Waals surface area contributed by atoms with Crippen LogP contribution in [0.4, 0.5) is 4.39 Å². The molecule has 0 spiro atoms. The van der Waals surface area contributed by atoms with Gasteiger partial charge in [-0.15, -0.1) is 0 Å². The Hall–Kier alpha value is -3.10. The lowest BCUT2D eigenvalue weighted by Gasteiger charge is -2.44. The molecule has 236 valence electrons. The molecule has 0 radical (unpaired) electrons. The summed E-state index contributed by atoms with van der Waals surface area (Å²) in [7, 11) is -1.48. The minimum absolute atomic E-state index is 0.139. The van der Waals surface area contributed by atoms with Crippen LogP contribution in [0.2, 0.25) is 5.04 Å². The standard InChI is InChI=1S/C37H47FO5Si/c1-36(2,3)44(30-15-9-7-10-16-30,31-17-11-8-12-18-31)43-27-32-33(26-39)37(25-34(32)40,28-20-22-29(38)23-21-28)24-14-6-5-13-19-35(41)42-4/h6-12,14-18,20-23,32-34,39-40H,5,13,19,24-27H2,1-4H3/b14-6-/t32-,33-,34-,37+/m1/s1. The smallest absolute Gasteiger partial charge is 0.305 e. The molecule has 1 aliphatic rings. The third kappa shape index (κ3) is 7.07. The lowest BCUT2D eigenvalue weighted by atomic mass is 9.68. The van der Waals surface area contributed by atoms with Crippen molar-refractivity contribution in [1.82, 2.24) is 0 Å². The summed E-state index contributed by atoms with van der Waals surface area (Å²) in [5.74, 6) is -1.21. The van der Waals surface area contributed by atoms with E-state index < -0.39 is 19.8 Å². The van der Waals surface area contributed by atoms with E-state index in [0.29, 0.717) is 32.1 Å². The number of hydrogen-bond donors (Lipinski definition) is 2. The molecular formula is C37H47FO5Si. The molecule has 3 aromatic rings. The average Bonchev–Trinajstić information content (AvgIpc) is 3.30. The van der Waals surface area contributed by atoms with Gasteiger partial charge in [-0.3, -0.25) is 4.79 Å². The fourth-order valence-corrected chi connectivity index (χ4v) is 11.8. The summed E-state index contributed by atoms with van der Waals surface area (Å²) in [5.41, 5.74) is 0.282. The summed E-state index contributed by atoms with van der Waals surface area (Å²) in [6.45, 7) is 6.82. The van der Waals surface area contributed by atoms with Crippen molar-refractivity contribution >= 4 is 24.7 Å². The van der Waals surface area contributed by atoms with Crippen LogP contribution in [0.25, 0.3) is 0 Å². The van der Waals surface area contributed by atoms with E-state index >= 15 is 0 Å². The zero-order valence-electron chi connectivity index (χ0n) is 26.4. The first kappa shape index (κ1) is 33.8. The van der Waals surface area contributed by atoms with Crippen molar-refractivity contribution < 1.29 is 28.6 Å². The van der Waals surface area contributed by atoms with Crippen molar-refractivity contribution in [3.05, 3.63) is 108 Å². The van der Waals surface area contributed by atoms with Gasteiger partial charge in [-0.1, -0.05) is 106 Å². The molecule has 4 rings (SSSR count). The third-order valence-corrected chi connectivity index (χ3v) is 14.5. The molecule has 1 aliphatic carbocycles. The molecule has 0 aromatic heterocycles. The Kier molecular flexibility index (Phi) is 11.4. The van der Waals surface area contributed by atoms with Crippen LogP contribution in [-0.2, 0) is 19.4 Å². The van der Waals surface area contributed by atoms with Crippen molar-refractivity contribution in [3.8, 4) is 0 Å². The predicted molar refractivity (Wildman–Crippen MR) is 176 cm³/mol. The molecule has 1 fully saturated rings. The second kappa shape index (κ2) is 14.8. The number of rotatable bonds is 13. The zero-order chi connectivity index (χ0) is 31.8. The summed E-state index contributed by atoms with van der Waals surface area (Å²) in [6, 6.07) is 27.3. The van der Waals surface area contributed by atoms with Crippen LogP contribution in [0.5, 0.6) is 0 Å². The van der Waals surface area contributed by atoms with Crippen molar-refractivity contribution in [2.75, 3.05) is 20.3 Å². The highest BCUT2D eigenvalue weighted by Crippen LogP contribution is 2.52. The van der Waals surface area contributed by atoms with Crippen LogP contribution < -0.4 is 10.4 Å². The van der Waals surface area contributed by atoms with E-state index in [9.17, 15) is 19.4 Å². The Morgan fingerprint density at radius 1 is 0.977 bits per heavy atom. The van der Waals surface area contributed by atoms with E-state index in [2.05, 4.69) is 51.1 Å². The number of esters is 1. The van der Waals surface area contributed by atoms with Gasteiger partial charge in [0.2, 0.25) is 0 Å². The largest absolute Gasteiger partial charge is 0.469 e. The number of methoxy groups -OCH3 is 1. The van der Waals surface area contributed by atoms with E-state index in [1.54, 1.807) is 12.1 Å². The molecule has 44 heavy (non-hydrogen) atoms. The van der Waals surface area contributed by atoms with Gasteiger partial charge in [-0.05, 0) is 64.7 Å². The molecule has 0 heterocycles. The van der Waals surface area contributed by atoms with E-state index in [4.69, 9.17) is 9.16 Å². The van der Waals surface area contributed by atoms with Crippen LogP contribution in [0.15, 0.2) is 97.1 Å². The maximum absolute atomic E-state index is 14.0. The van der Waals surface area contributed by atoms with Crippen LogP contribution >= 0.6 is 0 Å². The number of ether oxygens (including phenoxy) is 1. The SMILES string of the molecule is COC(=O)CCC/C=C\C[C@@]1(c2ccc(F)cc2)C[C@@H](O)[C@H](CO[Si](c2ccccc2)(c2ccccc2)C(C)(C)C)[C@H]1CO. The number of unbranched alkanes of at least 4 members (excludes halogenated alkanes) is 1. The molecule has 3 aromatic carbocycles. The Morgan fingerprint density at radius 2 is 1.57 bits per heavy atom. The van der Waals surface area contributed by atoms with Gasteiger partial charge in [0, 0.05) is 31.0 Å². The number of halogens is 1. The second-order valence-electron chi connectivity index (χ2n) is 13.0. The maximum atomic E-state index is 14.0. The number of carbonyl (C=O) groups is 1. The summed E-state index contributed by atoms with van der Waals surface area (Å²) in [4.78, 5) is 11.5. The van der Waals surface area contributed by atoms with E-state index in [1.807, 2.05) is 42.5 Å². The maximum Gasteiger partial charge on any atom is 0.305 e. The predicted octanol–water partition coefficient (Wildman–Crippen LogP) is 5.92. The van der Waals surface area contributed by atoms with Crippen molar-refractivity contribution in [3.63, 3.8) is 0 Å². The van der Waals surface area contributed by atoms with Gasteiger partial charge in [-0.25, -0.2) is 4.39 Å². The minimum Gasteiger partial charge on any atom is -0.469 e. The molecule has 5 nitrogen and oxygen atoms in total. The van der Waals surface area contributed by atoms with E-state index in [1.165, 1.54) is 19.2 Å². The number of carbonyl (C=O) groups excluding carboxylic acids is 1. The molecule has 0 amide bonds. The number of hydrogen-bond acceptors (Lipinski definition) is 5. The Balaban J connectivity index is 1.68. The number of benzene rings is 3. The van der Waals surface area contributed by atoms with Gasteiger partial charge in [0.25, 0.3) is 8.32 Å². The molecule has 0 bridgehead atoms. The van der Waals surface area contributed by atoms with Crippen LogP contribution in [0, 0.1) is 17.7 Å². The Bertz CT molecular complexity index is 1320. The highest BCUT2D eigenvalue weighted by atomic mass is 28.4. The first-order valence-electron chi connectivity index (χ1n) is 15.6. The minimum atomic E-state index is -2.87. The van der Waals surface area contributed by atoms with E-state index in [0.717, 1.165) is 15.9 Å². The first-order valence-corrected chi connectivity index (χ1v) is 17.5. The third-order valence-electron chi connectivity index (χ3n) is 9.45. The lowest BCUT2D eigenvalue weighted by Crippen LogP contribution is -2.67. The lowest BCUT2D eigenvalue weighted by molar-refractivity contribution is -0.140. The zero-order valence-corrected chi connectivity index (χ0v) is 27.4. The summed E-state index contributed by atoms with van der Waals surface area (Å²) in [6.07, 6.45) is 6.12. The van der Waals surface area contributed by atoms with Gasteiger partial charge >= 0.3 is 5.97 Å². The van der Waals surface area contributed by atoms with Crippen LogP contribution in [-0.4, -0.2) is 50.9 Å². The first-order chi connectivity index (χ1) is 21.1. The topological polar surface area (TPSA) is 76.0 Å². The average molecular weight is 619 g/mol. The Labute approximate surface area is 262 Å². The molecule has 2 N–H and O–H groups in total. The Morgan fingerprint density at radius 3 is 2.09 bits per heavy atom. The molecule has 4 atom stereocenters. The van der Waals surface area contributed by atoms with Crippen molar-refractivity contribution in [2.45, 2.75) is 69.4 Å². The summed E-state index contributed by atoms with van der Waals surface area (Å²) >= 11 is 0. The fraction of sp³-hybridized carbons (Fsp3) is 0.432. The fourth-order valence-electron chi connectivity index (χ4n) is 7.22. The van der Waals surface area contributed by atoms with Gasteiger partial charge in [0.1, 0.15) is 5.82 Å². The van der Waals surface area contributed by atoms with Crippen LogP contribution in [0.1, 0.15) is 58.4 Å². The van der Waals surface area contributed by atoms with Gasteiger partial charge in [-0.2, -0.15) is 0 Å². The van der Waals surface area contributed by atoms with Gasteiger partial charge in [0.15, 0.2) is 0 Å². The van der Waals surface area contributed by atoms with Gasteiger partial charge < -0.3 is 19.4 Å². The normalized spacial score (nSPS) is 22.4. The number of aliphatic hydroxyl groups is 2. The molecule has 0 unspecified atom stereocenters. The quantitative estimate of drug-likeness (QED) is 0.108. The second-order valence-corrected chi connectivity index (χ2v) is 17.3. The van der Waals surface area contributed by atoms with Crippen LogP contribution in [0.3, 0.4) is 0 Å².